The molecule has 0 bridgehead atoms. The molecule has 132 valence electrons. The first-order valence-electron chi connectivity index (χ1n) is 9.18. The molecule has 2 aromatic carbocycles. The summed E-state index contributed by atoms with van der Waals surface area (Å²) in [5.74, 6) is 0.289. The number of nitrogens with one attached hydrogen (secondary N) is 1. The summed E-state index contributed by atoms with van der Waals surface area (Å²) in [6.45, 7) is 9.22. The van der Waals surface area contributed by atoms with Crippen LogP contribution in [0.2, 0.25) is 0 Å². The smallest absolute Gasteiger partial charge is 0.227 e. The van der Waals surface area contributed by atoms with E-state index in [2.05, 4.69) is 61.3 Å². The molecule has 0 radical (unpaired) electrons. The molecular weight excluding hydrogens is 308 g/mol. The zero-order valence-electron chi connectivity index (χ0n) is 15.5. The molecule has 1 saturated heterocycles. The summed E-state index contributed by atoms with van der Waals surface area (Å²) in [5.41, 5.74) is 5.99. The lowest BCUT2D eigenvalue weighted by molar-refractivity contribution is -0.121. The summed E-state index contributed by atoms with van der Waals surface area (Å²) < 4.78 is 0. The molecule has 0 saturated carbocycles. The zero-order valence-corrected chi connectivity index (χ0v) is 15.5. The van der Waals surface area contributed by atoms with Crippen LogP contribution in [0, 0.1) is 26.7 Å². The Morgan fingerprint density at radius 2 is 1.80 bits per heavy atom. The van der Waals surface area contributed by atoms with Crippen LogP contribution in [-0.2, 0) is 11.3 Å². The maximum atomic E-state index is 12.6. The number of nitrogens with zero attached hydrogens (tertiary/aromatic N) is 1. The van der Waals surface area contributed by atoms with Crippen LogP contribution in [0.4, 0.5) is 5.69 Å². The highest BCUT2D eigenvalue weighted by molar-refractivity contribution is 5.93. The molecule has 0 aromatic heterocycles. The third-order valence-corrected chi connectivity index (χ3v) is 5.31. The monoisotopic (exact) mass is 336 g/mol. The zero-order chi connectivity index (χ0) is 17.8. The quantitative estimate of drug-likeness (QED) is 0.894. The lowest BCUT2D eigenvalue weighted by Crippen LogP contribution is -2.37. The van der Waals surface area contributed by atoms with Gasteiger partial charge in [0, 0.05) is 18.2 Å². The van der Waals surface area contributed by atoms with Gasteiger partial charge >= 0.3 is 0 Å². The highest BCUT2D eigenvalue weighted by atomic mass is 16.1. The van der Waals surface area contributed by atoms with Crippen molar-refractivity contribution >= 4 is 11.6 Å². The topological polar surface area (TPSA) is 32.3 Å². The Morgan fingerprint density at radius 1 is 1.08 bits per heavy atom. The number of aryl methyl sites for hydroxylation is 2. The summed E-state index contributed by atoms with van der Waals surface area (Å²) in [5, 5.41) is 3.14. The summed E-state index contributed by atoms with van der Waals surface area (Å²) in [7, 11) is 0. The van der Waals surface area contributed by atoms with Gasteiger partial charge in [0.1, 0.15) is 0 Å². The minimum atomic E-state index is 0.119. The molecule has 0 unspecified atom stereocenters. The van der Waals surface area contributed by atoms with Gasteiger partial charge in [-0.1, -0.05) is 42.0 Å². The van der Waals surface area contributed by atoms with Crippen molar-refractivity contribution in [3.63, 3.8) is 0 Å². The molecule has 2 aromatic rings. The Balaban J connectivity index is 1.53. The second-order valence-corrected chi connectivity index (χ2v) is 7.28. The van der Waals surface area contributed by atoms with Crippen molar-refractivity contribution < 1.29 is 4.79 Å². The lowest BCUT2D eigenvalue weighted by Gasteiger charge is -2.31. The van der Waals surface area contributed by atoms with E-state index in [9.17, 15) is 4.79 Å². The number of carbonyl (C=O) groups excluding carboxylic acids is 1. The van der Waals surface area contributed by atoms with E-state index in [1.165, 1.54) is 16.7 Å². The summed E-state index contributed by atoms with van der Waals surface area (Å²) in [6.07, 6.45) is 1.87. The van der Waals surface area contributed by atoms with Gasteiger partial charge in [-0.25, -0.2) is 0 Å². The summed E-state index contributed by atoms with van der Waals surface area (Å²) in [6, 6.07) is 14.8. The summed E-state index contributed by atoms with van der Waals surface area (Å²) in [4.78, 5) is 15.1. The minimum Gasteiger partial charge on any atom is -0.326 e. The van der Waals surface area contributed by atoms with Crippen LogP contribution in [-0.4, -0.2) is 23.9 Å². The van der Waals surface area contributed by atoms with Crippen LogP contribution in [0.3, 0.4) is 0 Å². The Morgan fingerprint density at radius 3 is 2.52 bits per heavy atom. The molecule has 1 heterocycles. The fourth-order valence-electron chi connectivity index (χ4n) is 3.54. The van der Waals surface area contributed by atoms with Crippen LogP contribution in [0.1, 0.15) is 35.1 Å². The van der Waals surface area contributed by atoms with Gasteiger partial charge in [-0.15, -0.1) is 0 Å². The predicted octanol–water partition coefficient (Wildman–Crippen LogP) is 4.46. The van der Waals surface area contributed by atoms with Gasteiger partial charge in [0.05, 0.1) is 0 Å². The van der Waals surface area contributed by atoms with Crippen LogP contribution in [0.15, 0.2) is 42.5 Å². The van der Waals surface area contributed by atoms with Gasteiger partial charge in [0.25, 0.3) is 0 Å². The molecule has 1 fully saturated rings. The number of hydrogen-bond donors (Lipinski definition) is 1. The predicted molar refractivity (Wildman–Crippen MR) is 104 cm³/mol. The van der Waals surface area contributed by atoms with E-state index in [4.69, 9.17) is 0 Å². The van der Waals surface area contributed by atoms with E-state index in [0.717, 1.165) is 43.7 Å². The molecule has 1 aliphatic rings. The highest BCUT2D eigenvalue weighted by Gasteiger charge is 2.25. The van der Waals surface area contributed by atoms with Crippen LogP contribution in [0.25, 0.3) is 0 Å². The van der Waals surface area contributed by atoms with Crippen molar-refractivity contribution in [2.45, 2.75) is 40.2 Å². The van der Waals surface area contributed by atoms with Crippen molar-refractivity contribution in [2.75, 3.05) is 18.4 Å². The highest BCUT2D eigenvalue weighted by Crippen LogP contribution is 2.23. The van der Waals surface area contributed by atoms with Crippen molar-refractivity contribution in [3.05, 3.63) is 64.7 Å². The number of piperidine rings is 1. The maximum Gasteiger partial charge on any atom is 0.227 e. The second kappa shape index (κ2) is 7.83. The Bertz CT molecular complexity index is 745. The SMILES string of the molecule is Cc1cccc(CN2CCC(C(=O)Nc3cccc(C)c3C)CC2)c1. The summed E-state index contributed by atoms with van der Waals surface area (Å²) >= 11 is 0. The van der Waals surface area contributed by atoms with E-state index in [1.807, 2.05) is 12.1 Å². The molecule has 0 spiro atoms. The number of amides is 1. The number of carbonyl (C=O) groups is 1. The third-order valence-electron chi connectivity index (χ3n) is 5.31. The number of hydrogen-bond acceptors (Lipinski definition) is 2. The molecule has 1 aliphatic heterocycles. The molecule has 1 N–H and O–H groups in total. The first-order valence-corrected chi connectivity index (χ1v) is 9.18. The van der Waals surface area contributed by atoms with Gasteiger partial charge < -0.3 is 5.32 Å². The van der Waals surface area contributed by atoms with E-state index < -0.39 is 0 Å². The average molecular weight is 336 g/mol. The number of benzene rings is 2. The number of rotatable bonds is 4. The van der Waals surface area contributed by atoms with Crippen molar-refractivity contribution in [2.24, 2.45) is 5.92 Å². The van der Waals surface area contributed by atoms with Gasteiger partial charge in [-0.05, 0) is 69.5 Å². The fraction of sp³-hybridized carbons (Fsp3) is 0.409. The Hall–Kier alpha value is -2.13. The van der Waals surface area contributed by atoms with E-state index in [1.54, 1.807) is 0 Å². The average Bonchev–Trinajstić information content (AvgIpc) is 2.59. The van der Waals surface area contributed by atoms with Gasteiger partial charge in [0.2, 0.25) is 5.91 Å². The van der Waals surface area contributed by atoms with E-state index in [0.29, 0.717) is 0 Å². The third kappa shape index (κ3) is 4.49. The molecule has 1 amide bonds. The van der Waals surface area contributed by atoms with Crippen LogP contribution in [0.5, 0.6) is 0 Å². The minimum absolute atomic E-state index is 0.119. The Kier molecular flexibility index (Phi) is 5.54. The van der Waals surface area contributed by atoms with Gasteiger partial charge in [-0.3, -0.25) is 9.69 Å². The molecule has 3 nitrogen and oxygen atoms in total. The number of anilines is 1. The fourth-order valence-corrected chi connectivity index (χ4v) is 3.54. The van der Waals surface area contributed by atoms with E-state index in [-0.39, 0.29) is 11.8 Å². The first kappa shape index (κ1) is 17.7. The largest absolute Gasteiger partial charge is 0.326 e. The standard InChI is InChI=1S/C22H28N2O/c1-16-6-4-8-19(14-16)15-24-12-10-20(11-13-24)22(25)23-21-9-5-7-17(2)18(21)3/h4-9,14,20H,10-13,15H2,1-3H3,(H,23,25). The first-order chi connectivity index (χ1) is 12.0. The molecule has 25 heavy (non-hydrogen) atoms. The van der Waals surface area contributed by atoms with Crippen molar-refractivity contribution in [3.8, 4) is 0 Å². The molecule has 3 rings (SSSR count). The second-order valence-electron chi connectivity index (χ2n) is 7.28. The Labute approximate surface area is 151 Å². The van der Waals surface area contributed by atoms with Crippen LogP contribution < -0.4 is 5.32 Å². The van der Waals surface area contributed by atoms with Crippen LogP contribution >= 0.6 is 0 Å². The lowest BCUT2D eigenvalue weighted by atomic mass is 9.95. The molecular formula is C22H28N2O. The normalized spacial score (nSPS) is 16.0. The van der Waals surface area contributed by atoms with Crippen molar-refractivity contribution in [1.82, 2.24) is 4.90 Å². The van der Waals surface area contributed by atoms with E-state index >= 15 is 0 Å². The van der Waals surface area contributed by atoms with Gasteiger partial charge in [0.15, 0.2) is 0 Å². The molecule has 3 heteroatoms. The number of likely N-dealkylation sites (tertiary alicyclic amines) is 1. The molecule has 0 aliphatic carbocycles. The van der Waals surface area contributed by atoms with Gasteiger partial charge in [-0.2, -0.15) is 0 Å². The molecule has 0 atom stereocenters. The maximum absolute atomic E-state index is 12.6. The van der Waals surface area contributed by atoms with Crippen molar-refractivity contribution in [1.29, 1.82) is 0 Å².